The van der Waals surface area contributed by atoms with Crippen LogP contribution in [-0.4, -0.2) is 32.4 Å². The van der Waals surface area contributed by atoms with Gasteiger partial charge in [-0.1, -0.05) is 11.8 Å². The largest absolute Gasteiger partial charge is 0.508 e. The van der Waals surface area contributed by atoms with Gasteiger partial charge in [-0.2, -0.15) is 0 Å². The Bertz CT molecular complexity index is 664. The number of hydrogen-bond acceptors (Lipinski definition) is 5. The van der Waals surface area contributed by atoms with Crippen molar-refractivity contribution < 1.29 is 30.0 Å². The fourth-order valence-electron chi connectivity index (χ4n) is 1.67. The average molecular weight is 306 g/mol. The molecule has 2 rings (SSSR count). The number of carboxylic acid groups (broad SMARTS) is 2. The minimum atomic E-state index is -1.23. The van der Waals surface area contributed by atoms with Crippen LogP contribution >= 0.6 is 11.8 Å². The molecule has 6 nitrogen and oxygen atoms in total. The van der Waals surface area contributed by atoms with Gasteiger partial charge in [0.05, 0.1) is 11.1 Å². The van der Waals surface area contributed by atoms with Crippen molar-refractivity contribution in [3.63, 3.8) is 0 Å². The van der Waals surface area contributed by atoms with E-state index in [-0.39, 0.29) is 32.4 Å². The van der Waals surface area contributed by atoms with Crippen LogP contribution < -0.4 is 0 Å². The third-order valence-electron chi connectivity index (χ3n) is 2.61. The van der Waals surface area contributed by atoms with E-state index < -0.39 is 11.9 Å². The molecule has 0 fully saturated rings. The standard InChI is InChI=1S/C14H10O6S/c15-7-1-3-11(9(5-7)13(17)18)21-12-4-2-8(16)6-10(12)14(19)20/h1-6,15-16H,(H,17,18)(H,19,20). The molecule has 0 amide bonds. The second-order valence-electron chi connectivity index (χ2n) is 4.07. The van der Waals surface area contributed by atoms with E-state index in [1.54, 1.807) is 0 Å². The van der Waals surface area contributed by atoms with Crippen molar-refractivity contribution in [2.45, 2.75) is 9.79 Å². The van der Waals surface area contributed by atoms with Gasteiger partial charge in [0.1, 0.15) is 11.5 Å². The van der Waals surface area contributed by atoms with E-state index in [9.17, 15) is 19.8 Å². The number of phenolic OH excluding ortho intramolecular Hbond substituents is 2. The molecule has 0 radical (unpaired) electrons. The maximum absolute atomic E-state index is 11.2. The van der Waals surface area contributed by atoms with Gasteiger partial charge >= 0.3 is 11.9 Å². The first-order valence-corrected chi connectivity index (χ1v) is 6.50. The SMILES string of the molecule is O=C(O)c1cc(O)ccc1Sc1ccc(O)cc1C(=O)O. The molecule has 21 heavy (non-hydrogen) atoms. The van der Waals surface area contributed by atoms with Crippen molar-refractivity contribution >= 4 is 23.7 Å². The average Bonchev–Trinajstić information content (AvgIpc) is 2.42. The molecule has 108 valence electrons. The Morgan fingerprint density at radius 2 is 1.14 bits per heavy atom. The van der Waals surface area contributed by atoms with Gasteiger partial charge in [-0.05, 0) is 36.4 Å². The fourth-order valence-corrected chi connectivity index (χ4v) is 2.69. The van der Waals surface area contributed by atoms with Gasteiger partial charge in [0, 0.05) is 9.79 Å². The zero-order valence-electron chi connectivity index (χ0n) is 10.5. The molecule has 0 saturated carbocycles. The number of phenols is 2. The maximum atomic E-state index is 11.2. The summed E-state index contributed by atoms with van der Waals surface area (Å²) in [6.07, 6.45) is 0. The topological polar surface area (TPSA) is 115 Å². The summed E-state index contributed by atoms with van der Waals surface area (Å²) in [5.74, 6) is -2.85. The van der Waals surface area contributed by atoms with Crippen LogP contribution in [0.25, 0.3) is 0 Å². The molecule has 0 saturated heterocycles. The Kier molecular flexibility index (Phi) is 4.04. The van der Waals surface area contributed by atoms with E-state index in [0.717, 1.165) is 23.9 Å². The van der Waals surface area contributed by atoms with E-state index in [1.807, 2.05) is 0 Å². The van der Waals surface area contributed by atoms with Gasteiger partial charge in [0.25, 0.3) is 0 Å². The quantitative estimate of drug-likeness (QED) is 0.686. The monoisotopic (exact) mass is 306 g/mol. The Morgan fingerprint density at radius 3 is 1.48 bits per heavy atom. The maximum Gasteiger partial charge on any atom is 0.336 e. The summed E-state index contributed by atoms with van der Waals surface area (Å²) < 4.78 is 0. The molecule has 0 unspecified atom stereocenters. The van der Waals surface area contributed by atoms with Crippen LogP contribution in [0.15, 0.2) is 46.2 Å². The van der Waals surface area contributed by atoms with Crippen LogP contribution in [0, 0.1) is 0 Å². The summed E-state index contributed by atoms with van der Waals surface area (Å²) in [6.45, 7) is 0. The molecule has 0 spiro atoms. The lowest BCUT2D eigenvalue weighted by Crippen LogP contribution is -2.01. The molecule has 0 aliphatic rings. The molecule has 0 bridgehead atoms. The number of benzene rings is 2. The van der Waals surface area contributed by atoms with Gasteiger partial charge in [-0.15, -0.1) is 0 Å². The lowest BCUT2D eigenvalue weighted by Gasteiger charge is -2.09. The summed E-state index contributed by atoms with van der Waals surface area (Å²) in [5, 5.41) is 36.9. The molecule has 0 aromatic heterocycles. The Labute approximate surface area is 123 Å². The summed E-state index contributed by atoms with van der Waals surface area (Å²) >= 11 is 0.931. The fraction of sp³-hybridized carbons (Fsp3) is 0. The van der Waals surface area contributed by atoms with E-state index in [2.05, 4.69) is 0 Å². The smallest absolute Gasteiger partial charge is 0.336 e. The highest BCUT2D eigenvalue weighted by atomic mass is 32.2. The first kappa shape index (κ1) is 14.7. The van der Waals surface area contributed by atoms with Crippen molar-refractivity contribution in [1.29, 1.82) is 0 Å². The number of rotatable bonds is 4. The summed E-state index contributed by atoms with van der Waals surface area (Å²) in [6, 6.07) is 7.59. The van der Waals surface area contributed by atoms with Crippen molar-refractivity contribution in [1.82, 2.24) is 0 Å². The first-order chi connectivity index (χ1) is 9.88. The zero-order valence-corrected chi connectivity index (χ0v) is 11.3. The number of aromatic hydroxyl groups is 2. The van der Waals surface area contributed by atoms with Crippen LogP contribution in [-0.2, 0) is 0 Å². The lowest BCUT2D eigenvalue weighted by molar-refractivity contribution is 0.0683. The van der Waals surface area contributed by atoms with Crippen LogP contribution in [0.4, 0.5) is 0 Å². The predicted molar refractivity (Wildman–Crippen MR) is 74.3 cm³/mol. The zero-order chi connectivity index (χ0) is 15.6. The van der Waals surface area contributed by atoms with E-state index >= 15 is 0 Å². The summed E-state index contributed by atoms with van der Waals surface area (Å²) in [4.78, 5) is 22.9. The second-order valence-corrected chi connectivity index (χ2v) is 5.16. The molecule has 0 heterocycles. The van der Waals surface area contributed by atoms with Crippen LogP contribution in [0.3, 0.4) is 0 Å². The molecule has 2 aromatic rings. The molecule has 4 N–H and O–H groups in total. The second kappa shape index (κ2) is 5.76. The van der Waals surface area contributed by atoms with Gasteiger partial charge in [0.15, 0.2) is 0 Å². The van der Waals surface area contributed by atoms with Crippen molar-refractivity contribution in [2.24, 2.45) is 0 Å². The van der Waals surface area contributed by atoms with Crippen LogP contribution in [0.1, 0.15) is 20.7 Å². The van der Waals surface area contributed by atoms with Gasteiger partial charge in [0.2, 0.25) is 0 Å². The third-order valence-corrected chi connectivity index (χ3v) is 3.76. The van der Waals surface area contributed by atoms with E-state index in [0.29, 0.717) is 0 Å². The minimum Gasteiger partial charge on any atom is -0.508 e. The van der Waals surface area contributed by atoms with Crippen LogP contribution in [0.2, 0.25) is 0 Å². The first-order valence-electron chi connectivity index (χ1n) is 5.69. The predicted octanol–water partition coefficient (Wildman–Crippen LogP) is 2.65. The summed E-state index contributed by atoms with van der Waals surface area (Å²) in [7, 11) is 0. The van der Waals surface area contributed by atoms with Gasteiger partial charge < -0.3 is 20.4 Å². The Hall–Kier alpha value is -2.67. The highest BCUT2D eigenvalue weighted by Crippen LogP contribution is 2.35. The van der Waals surface area contributed by atoms with E-state index in [1.165, 1.54) is 24.3 Å². The normalized spacial score (nSPS) is 10.3. The highest BCUT2D eigenvalue weighted by Gasteiger charge is 2.17. The van der Waals surface area contributed by atoms with Crippen molar-refractivity contribution in [2.75, 3.05) is 0 Å². The molecular weight excluding hydrogens is 296 g/mol. The Morgan fingerprint density at radius 1 is 0.762 bits per heavy atom. The number of hydrogen-bond donors (Lipinski definition) is 4. The molecule has 2 aromatic carbocycles. The molecule has 0 aliphatic heterocycles. The third kappa shape index (κ3) is 3.26. The number of carbonyl (C=O) groups is 2. The Balaban J connectivity index is 2.48. The van der Waals surface area contributed by atoms with Crippen molar-refractivity contribution in [3.05, 3.63) is 47.5 Å². The highest BCUT2D eigenvalue weighted by molar-refractivity contribution is 7.99. The van der Waals surface area contributed by atoms with Gasteiger partial charge in [-0.25, -0.2) is 9.59 Å². The van der Waals surface area contributed by atoms with Crippen molar-refractivity contribution in [3.8, 4) is 11.5 Å². The van der Waals surface area contributed by atoms with Gasteiger partial charge in [-0.3, -0.25) is 0 Å². The van der Waals surface area contributed by atoms with Crippen LogP contribution in [0.5, 0.6) is 11.5 Å². The minimum absolute atomic E-state index is 0.135. The van der Waals surface area contributed by atoms with E-state index in [4.69, 9.17) is 10.2 Å². The summed E-state index contributed by atoms with van der Waals surface area (Å²) in [5.41, 5.74) is -0.270. The lowest BCUT2D eigenvalue weighted by atomic mass is 10.2. The number of aromatic carboxylic acids is 2. The number of carboxylic acids is 2. The molecule has 7 heteroatoms. The molecule has 0 aliphatic carbocycles. The molecular formula is C14H10O6S. The molecule has 0 atom stereocenters.